The van der Waals surface area contributed by atoms with Gasteiger partial charge >= 0.3 is 0 Å². The Kier molecular flexibility index (Phi) is 4.09. The van der Waals surface area contributed by atoms with E-state index in [2.05, 4.69) is 10.6 Å². The lowest BCUT2D eigenvalue weighted by Gasteiger charge is -2.26. The van der Waals surface area contributed by atoms with Crippen molar-refractivity contribution in [3.63, 3.8) is 0 Å². The highest BCUT2D eigenvalue weighted by atomic mass is 35.5. The van der Waals surface area contributed by atoms with Crippen LogP contribution in [0.25, 0.3) is 0 Å². The first-order chi connectivity index (χ1) is 8.59. The second kappa shape index (κ2) is 5.59. The highest BCUT2D eigenvalue weighted by molar-refractivity contribution is 6.32. The molecule has 0 radical (unpaired) electrons. The summed E-state index contributed by atoms with van der Waals surface area (Å²) in [5.74, 6) is 0.0768. The van der Waals surface area contributed by atoms with Crippen molar-refractivity contribution in [2.24, 2.45) is 0 Å². The van der Waals surface area contributed by atoms with Crippen LogP contribution < -0.4 is 10.6 Å². The molecule has 5 heteroatoms. The van der Waals surface area contributed by atoms with Crippen LogP contribution in [0.2, 0.25) is 5.02 Å². The number of hydrogen-bond acceptors (Lipinski definition) is 3. The Balaban J connectivity index is 2.41. The average Bonchev–Trinajstić information content (AvgIpc) is 2.35. The van der Waals surface area contributed by atoms with Crippen molar-refractivity contribution in [3.05, 3.63) is 22.7 Å². The van der Waals surface area contributed by atoms with Crippen molar-refractivity contribution in [1.82, 2.24) is 5.32 Å². The number of halogens is 1. The molecular weight excluding hydrogens is 252 g/mol. The molecule has 1 aromatic carbocycles. The Hall–Kier alpha value is -1.26. The van der Waals surface area contributed by atoms with Gasteiger partial charge in [0.05, 0.1) is 5.69 Å². The van der Waals surface area contributed by atoms with Gasteiger partial charge in [-0.3, -0.25) is 4.79 Å². The summed E-state index contributed by atoms with van der Waals surface area (Å²) in [5, 5.41) is 16.5. The van der Waals surface area contributed by atoms with Crippen LogP contribution in [0.3, 0.4) is 0 Å². The summed E-state index contributed by atoms with van der Waals surface area (Å²) in [7, 11) is 0. The maximum Gasteiger partial charge on any atom is 0.221 e. The number of carbonyl (C=O) groups excluding carboxylic acids is 1. The molecule has 1 fully saturated rings. The third-order valence-corrected chi connectivity index (χ3v) is 3.51. The Morgan fingerprint density at radius 2 is 2.33 bits per heavy atom. The normalized spacial score (nSPS) is 19.6. The molecular formula is C13H17ClN2O2. The molecule has 1 atom stereocenters. The molecule has 1 amide bonds. The maximum atomic E-state index is 11.2. The Bertz CT molecular complexity index is 457. The molecule has 4 nitrogen and oxygen atoms in total. The van der Waals surface area contributed by atoms with Crippen LogP contribution in [0.1, 0.15) is 31.2 Å². The van der Waals surface area contributed by atoms with Gasteiger partial charge in [-0.15, -0.1) is 0 Å². The molecule has 2 rings (SSSR count). The molecule has 98 valence electrons. The smallest absolute Gasteiger partial charge is 0.221 e. The molecule has 1 aliphatic rings. The fourth-order valence-electron chi connectivity index (χ4n) is 2.39. The van der Waals surface area contributed by atoms with Crippen molar-refractivity contribution < 1.29 is 9.90 Å². The van der Waals surface area contributed by atoms with E-state index < -0.39 is 0 Å². The van der Waals surface area contributed by atoms with E-state index in [1.54, 1.807) is 6.07 Å². The van der Waals surface area contributed by atoms with Gasteiger partial charge < -0.3 is 15.7 Å². The first-order valence-corrected chi connectivity index (χ1v) is 6.47. The summed E-state index contributed by atoms with van der Waals surface area (Å²) >= 11 is 6.23. The van der Waals surface area contributed by atoms with Crippen molar-refractivity contribution >= 4 is 23.2 Å². The maximum absolute atomic E-state index is 11.2. The molecule has 18 heavy (non-hydrogen) atoms. The molecule has 1 aliphatic heterocycles. The predicted molar refractivity (Wildman–Crippen MR) is 72.3 cm³/mol. The summed E-state index contributed by atoms with van der Waals surface area (Å²) in [6.45, 7) is 3.24. The second-order valence-corrected chi connectivity index (χ2v) is 4.99. The number of aromatic hydroxyl groups is 1. The molecule has 1 aromatic rings. The van der Waals surface area contributed by atoms with E-state index in [0.717, 1.165) is 31.5 Å². The molecule has 0 aromatic heterocycles. The van der Waals surface area contributed by atoms with Gasteiger partial charge in [0, 0.05) is 30.0 Å². The predicted octanol–water partition coefficient (Wildman–Crippen LogP) is 2.47. The molecule has 0 spiro atoms. The highest BCUT2D eigenvalue weighted by Gasteiger charge is 2.23. The lowest BCUT2D eigenvalue weighted by molar-refractivity contribution is -0.114. The summed E-state index contributed by atoms with van der Waals surface area (Å²) in [5.41, 5.74) is 1.28. The largest absolute Gasteiger partial charge is 0.506 e. The topological polar surface area (TPSA) is 61.4 Å². The molecule has 1 saturated heterocycles. The van der Waals surface area contributed by atoms with E-state index >= 15 is 0 Å². The van der Waals surface area contributed by atoms with Gasteiger partial charge in [0.25, 0.3) is 0 Å². The van der Waals surface area contributed by atoms with E-state index in [4.69, 9.17) is 11.6 Å². The minimum Gasteiger partial charge on any atom is -0.506 e. The van der Waals surface area contributed by atoms with Gasteiger partial charge in [-0.2, -0.15) is 0 Å². The van der Waals surface area contributed by atoms with E-state index in [9.17, 15) is 9.90 Å². The lowest BCUT2D eigenvalue weighted by atomic mass is 9.90. The minimum absolute atomic E-state index is 0.0650. The first-order valence-electron chi connectivity index (χ1n) is 6.09. The number of carbonyl (C=O) groups is 1. The minimum atomic E-state index is -0.211. The van der Waals surface area contributed by atoms with Gasteiger partial charge in [-0.25, -0.2) is 0 Å². The van der Waals surface area contributed by atoms with E-state index in [-0.39, 0.29) is 17.6 Å². The van der Waals surface area contributed by atoms with E-state index in [1.807, 2.05) is 0 Å². The highest BCUT2D eigenvalue weighted by Crippen LogP contribution is 2.40. The number of anilines is 1. The number of amides is 1. The zero-order valence-corrected chi connectivity index (χ0v) is 11.0. The van der Waals surface area contributed by atoms with E-state index in [1.165, 1.54) is 13.0 Å². The number of piperidine rings is 1. The SMILES string of the molecule is CC(=O)Nc1c(O)ccc(Cl)c1C1CCCNC1. The average molecular weight is 269 g/mol. The molecule has 3 N–H and O–H groups in total. The first kappa shape index (κ1) is 13.2. The molecule has 0 saturated carbocycles. The van der Waals surface area contributed by atoms with Crippen LogP contribution in [0, 0.1) is 0 Å². The van der Waals surface area contributed by atoms with Crippen LogP contribution in [0.15, 0.2) is 12.1 Å². The summed E-state index contributed by atoms with van der Waals surface area (Å²) in [6.07, 6.45) is 2.07. The van der Waals surface area contributed by atoms with Crippen molar-refractivity contribution in [3.8, 4) is 5.75 Å². The lowest BCUT2D eigenvalue weighted by Crippen LogP contribution is -2.29. The third-order valence-electron chi connectivity index (χ3n) is 3.18. The van der Waals surface area contributed by atoms with Crippen LogP contribution >= 0.6 is 11.6 Å². The molecule has 0 bridgehead atoms. The number of phenols is 1. The van der Waals surface area contributed by atoms with E-state index in [0.29, 0.717) is 10.7 Å². The number of benzene rings is 1. The van der Waals surface area contributed by atoms with Crippen molar-refractivity contribution in [1.29, 1.82) is 0 Å². The van der Waals surface area contributed by atoms with Crippen LogP contribution in [0.4, 0.5) is 5.69 Å². The van der Waals surface area contributed by atoms with Crippen molar-refractivity contribution in [2.45, 2.75) is 25.7 Å². The standard InChI is InChI=1S/C13H17ClN2O2/c1-8(17)16-13-11(18)5-4-10(14)12(13)9-3-2-6-15-7-9/h4-5,9,15,18H,2-3,6-7H2,1H3,(H,16,17). The number of nitrogens with one attached hydrogen (secondary N) is 2. The fourth-order valence-corrected chi connectivity index (χ4v) is 2.70. The summed E-state index contributed by atoms with van der Waals surface area (Å²) < 4.78 is 0. The number of phenolic OH excluding ortho intramolecular Hbond substituents is 1. The van der Waals surface area contributed by atoms with Crippen LogP contribution in [0.5, 0.6) is 5.75 Å². The molecule has 1 heterocycles. The van der Waals surface area contributed by atoms with Gasteiger partial charge in [0.1, 0.15) is 5.75 Å². The van der Waals surface area contributed by atoms with Gasteiger partial charge in [0.15, 0.2) is 0 Å². The van der Waals surface area contributed by atoms with Gasteiger partial charge in [-0.1, -0.05) is 11.6 Å². The molecule has 0 aliphatic carbocycles. The third kappa shape index (κ3) is 2.76. The Labute approximate surface area is 111 Å². The second-order valence-electron chi connectivity index (χ2n) is 4.58. The van der Waals surface area contributed by atoms with Gasteiger partial charge in [0.2, 0.25) is 5.91 Å². The van der Waals surface area contributed by atoms with Crippen molar-refractivity contribution in [2.75, 3.05) is 18.4 Å². The van der Waals surface area contributed by atoms with Gasteiger partial charge in [-0.05, 0) is 31.5 Å². The summed E-state index contributed by atoms with van der Waals surface area (Å²) in [4.78, 5) is 11.2. The summed E-state index contributed by atoms with van der Waals surface area (Å²) in [6, 6.07) is 3.18. The zero-order chi connectivity index (χ0) is 13.1. The fraction of sp³-hybridized carbons (Fsp3) is 0.462. The monoisotopic (exact) mass is 268 g/mol. The number of rotatable bonds is 2. The Morgan fingerprint density at radius 1 is 1.56 bits per heavy atom. The Morgan fingerprint density at radius 3 is 2.94 bits per heavy atom. The quantitative estimate of drug-likeness (QED) is 0.722. The zero-order valence-electron chi connectivity index (χ0n) is 10.3. The number of hydrogen-bond donors (Lipinski definition) is 3. The van der Waals surface area contributed by atoms with Crippen LogP contribution in [-0.4, -0.2) is 24.1 Å². The van der Waals surface area contributed by atoms with Crippen LogP contribution in [-0.2, 0) is 4.79 Å². The molecule has 1 unspecified atom stereocenters.